The first-order valence-electron chi connectivity index (χ1n) is 9.01. The number of aromatic nitrogens is 4. The molecule has 0 saturated carbocycles. The van der Waals surface area contributed by atoms with E-state index in [1.54, 1.807) is 6.20 Å². The van der Waals surface area contributed by atoms with E-state index in [4.69, 9.17) is 14.5 Å². The Labute approximate surface area is 156 Å². The molecule has 1 saturated heterocycles. The monoisotopic (exact) mass is 361 g/mol. The van der Waals surface area contributed by atoms with Crippen molar-refractivity contribution in [1.29, 1.82) is 0 Å². The molecule has 4 heterocycles. The Balaban J connectivity index is 1.38. The van der Waals surface area contributed by atoms with Crippen LogP contribution in [0.5, 0.6) is 5.88 Å². The van der Waals surface area contributed by atoms with Gasteiger partial charge in [0.05, 0.1) is 24.4 Å². The number of morpholine rings is 1. The van der Waals surface area contributed by atoms with Gasteiger partial charge in [0.1, 0.15) is 6.61 Å². The average molecular weight is 361 g/mol. The molecule has 1 aromatic carbocycles. The number of ether oxygens (including phenoxy) is 2. The molecule has 0 unspecified atom stereocenters. The average Bonchev–Trinajstić information content (AvgIpc) is 3.16. The minimum absolute atomic E-state index is 0.357. The van der Waals surface area contributed by atoms with Crippen LogP contribution in [0.25, 0.3) is 16.6 Å². The molecule has 0 aliphatic carbocycles. The molecule has 0 amide bonds. The number of benzene rings is 1. The molecular formula is C20H19N5O2. The normalized spacial score (nSPS) is 14.7. The molecule has 0 spiro atoms. The van der Waals surface area contributed by atoms with Crippen LogP contribution in [0.1, 0.15) is 5.69 Å². The highest BCUT2D eigenvalue weighted by Gasteiger charge is 2.17. The summed E-state index contributed by atoms with van der Waals surface area (Å²) in [6.07, 6.45) is 5.68. The van der Waals surface area contributed by atoms with E-state index >= 15 is 0 Å². The summed E-state index contributed by atoms with van der Waals surface area (Å²) in [5.74, 6) is 1.48. The lowest BCUT2D eigenvalue weighted by Gasteiger charge is -2.27. The highest BCUT2D eigenvalue weighted by Crippen LogP contribution is 2.21. The third kappa shape index (κ3) is 3.17. The molecule has 0 bridgehead atoms. The first-order valence-corrected chi connectivity index (χ1v) is 9.01. The summed E-state index contributed by atoms with van der Waals surface area (Å²) in [6.45, 7) is 3.44. The van der Waals surface area contributed by atoms with Gasteiger partial charge >= 0.3 is 0 Å². The molecule has 3 aromatic heterocycles. The van der Waals surface area contributed by atoms with Gasteiger partial charge < -0.3 is 18.8 Å². The van der Waals surface area contributed by atoms with Crippen molar-refractivity contribution in [2.75, 3.05) is 31.2 Å². The Morgan fingerprint density at radius 3 is 2.85 bits per heavy atom. The summed E-state index contributed by atoms with van der Waals surface area (Å²) in [5, 5.41) is 1.10. The van der Waals surface area contributed by atoms with E-state index in [-0.39, 0.29) is 0 Å². The maximum absolute atomic E-state index is 5.87. The van der Waals surface area contributed by atoms with E-state index in [1.807, 2.05) is 53.2 Å². The lowest BCUT2D eigenvalue weighted by Crippen LogP contribution is -2.37. The minimum Gasteiger partial charge on any atom is -0.471 e. The summed E-state index contributed by atoms with van der Waals surface area (Å²) < 4.78 is 13.3. The Kier molecular flexibility index (Phi) is 4.06. The third-order valence-corrected chi connectivity index (χ3v) is 4.66. The SMILES string of the molecule is c1ccc2nc(OCc3cn4ccnc(N5CCOCC5)c4n3)ccc2c1. The smallest absolute Gasteiger partial charge is 0.214 e. The summed E-state index contributed by atoms with van der Waals surface area (Å²) in [6, 6.07) is 11.9. The fourth-order valence-electron chi connectivity index (χ4n) is 3.30. The second kappa shape index (κ2) is 6.85. The largest absolute Gasteiger partial charge is 0.471 e. The van der Waals surface area contributed by atoms with Crippen molar-refractivity contribution < 1.29 is 9.47 Å². The summed E-state index contributed by atoms with van der Waals surface area (Å²) >= 11 is 0. The number of para-hydroxylation sites is 1. The van der Waals surface area contributed by atoms with Crippen molar-refractivity contribution in [3.63, 3.8) is 0 Å². The maximum atomic E-state index is 5.87. The fourth-order valence-corrected chi connectivity index (χ4v) is 3.30. The summed E-state index contributed by atoms with van der Waals surface area (Å²) in [7, 11) is 0. The summed E-state index contributed by atoms with van der Waals surface area (Å²) in [4.78, 5) is 16.0. The lowest BCUT2D eigenvalue weighted by molar-refractivity contribution is 0.122. The van der Waals surface area contributed by atoms with Gasteiger partial charge in [0.25, 0.3) is 0 Å². The van der Waals surface area contributed by atoms with E-state index in [0.717, 1.165) is 41.2 Å². The Morgan fingerprint density at radius 1 is 1.04 bits per heavy atom. The third-order valence-electron chi connectivity index (χ3n) is 4.66. The Hall–Kier alpha value is -3.19. The molecule has 0 N–H and O–H groups in total. The van der Waals surface area contributed by atoms with Crippen molar-refractivity contribution in [3.8, 4) is 5.88 Å². The topological polar surface area (TPSA) is 64.8 Å². The van der Waals surface area contributed by atoms with E-state index in [2.05, 4.69) is 14.9 Å². The molecule has 1 aliphatic heterocycles. The standard InChI is InChI=1S/C20H19N5O2/c1-2-4-17-15(3-1)5-6-18(23-17)27-14-16-13-25-8-7-21-19(20(25)22-16)24-9-11-26-12-10-24/h1-8,13H,9-12,14H2. The van der Waals surface area contributed by atoms with Gasteiger partial charge in [-0.1, -0.05) is 18.2 Å². The maximum Gasteiger partial charge on any atom is 0.214 e. The van der Waals surface area contributed by atoms with Crippen molar-refractivity contribution in [2.24, 2.45) is 0 Å². The van der Waals surface area contributed by atoms with Crippen LogP contribution in [0.15, 0.2) is 55.0 Å². The van der Waals surface area contributed by atoms with Gasteiger partial charge in [-0.05, 0) is 12.1 Å². The van der Waals surface area contributed by atoms with Gasteiger partial charge in [0, 0.05) is 43.1 Å². The predicted molar refractivity (Wildman–Crippen MR) is 102 cm³/mol. The number of fused-ring (bicyclic) bond motifs is 2. The highest BCUT2D eigenvalue weighted by molar-refractivity contribution is 5.78. The zero-order valence-electron chi connectivity index (χ0n) is 14.8. The van der Waals surface area contributed by atoms with Crippen LogP contribution in [0.2, 0.25) is 0 Å². The van der Waals surface area contributed by atoms with Crippen molar-refractivity contribution in [2.45, 2.75) is 6.61 Å². The van der Waals surface area contributed by atoms with E-state index < -0.39 is 0 Å². The Bertz CT molecular complexity index is 1090. The number of rotatable bonds is 4. The molecule has 136 valence electrons. The summed E-state index contributed by atoms with van der Waals surface area (Å²) in [5.41, 5.74) is 2.60. The predicted octanol–water partition coefficient (Wildman–Crippen LogP) is 2.69. The molecule has 0 atom stereocenters. The van der Waals surface area contributed by atoms with Crippen LogP contribution < -0.4 is 9.64 Å². The molecule has 4 aromatic rings. The van der Waals surface area contributed by atoms with Crippen LogP contribution >= 0.6 is 0 Å². The van der Waals surface area contributed by atoms with Gasteiger partial charge in [-0.25, -0.2) is 15.0 Å². The van der Waals surface area contributed by atoms with E-state index in [1.165, 1.54) is 0 Å². The molecule has 27 heavy (non-hydrogen) atoms. The molecule has 7 heteroatoms. The highest BCUT2D eigenvalue weighted by atomic mass is 16.5. The fraction of sp³-hybridized carbons (Fsp3) is 0.250. The van der Waals surface area contributed by atoms with E-state index in [0.29, 0.717) is 25.7 Å². The van der Waals surface area contributed by atoms with E-state index in [9.17, 15) is 0 Å². The van der Waals surface area contributed by atoms with Crippen molar-refractivity contribution >= 4 is 22.4 Å². The zero-order chi connectivity index (χ0) is 18.1. The van der Waals surface area contributed by atoms with Crippen LogP contribution in [0.4, 0.5) is 5.82 Å². The quantitative estimate of drug-likeness (QED) is 0.557. The van der Waals surface area contributed by atoms with Crippen molar-refractivity contribution in [3.05, 3.63) is 60.7 Å². The molecule has 5 rings (SSSR count). The number of nitrogens with zero attached hydrogens (tertiary/aromatic N) is 5. The number of hydrogen-bond donors (Lipinski definition) is 0. The number of hydrogen-bond acceptors (Lipinski definition) is 6. The van der Waals surface area contributed by atoms with Gasteiger partial charge in [-0.3, -0.25) is 0 Å². The van der Waals surface area contributed by atoms with Crippen LogP contribution in [0.3, 0.4) is 0 Å². The van der Waals surface area contributed by atoms with Crippen molar-refractivity contribution in [1.82, 2.24) is 19.4 Å². The van der Waals surface area contributed by atoms with Gasteiger partial charge in [0.15, 0.2) is 11.5 Å². The number of pyridine rings is 1. The first-order chi connectivity index (χ1) is 13.4. The van der Waals surface area contributed by atoms with Gasteiger partial charge in [0.2, 0.25) is 5.88 Å². The second-order valence-electron chi connectivity index (χ2n) is 6.44. The number of imidazole rings is 1. The molecular weight excluding hydrogens is 342 g/mol. The Morgan fingerprint density at radius 2 is 1.93 bits per heavy atom. The lowest BCUT2D eigenvalue weighted by atomic mass is 10.2. The van der Waals surface area contributed by atoms with Crippen LogP contribution in [0, 0.1) is 0 Å². The molecule has 0 radical (unpaired) electrons. The molecule has 7 nitrogen and oxygen atoms in total. The van der Waals surface area contributed by atoms with Gasteiger partial charge in [-0.2, -0.15) is 0 Å². The van der Waals surface area contributed by atoms with Crippen LogP contribution in [-0.4, -0.2) is 45.7 Å². The second-order valence-corrected chi connectivity index (χ2v) is 6.44. The minimum atomic E-state index is 0.357. The number of anilines is 1. The first kappa shape index (κ1) is 16.0. The van der Waals surface area contributed by atoms with Crippen LogP contribution in [-0.2, 0) is 11.3 Å². The zero-order valence-corrected chi connectivity index (χ0v) is 14.8. The van der Waals surface area contributed by atoms with Gasteiger partial charge in [-0.15, -0.1) is 0 Å². The molecule has 1 fully saturated rings. The molecule has 1 aliphatic rings.